The molecule has 1 unspecified atom stereocenters. The first-order chi connectivity index (χ1) is 20.6. The van der Waals surface area contributed by atoms with E-state index in [9.17, 15) is 5.26 Å². The van der Waals surface area contributed by atoms with E-state index in [0.29, 0.717) is 38.3 Å². The summed E-state index contributed by atoms with van der Waals surface area (Å²) in [7, 11) is 0. The molecule has 0 amide bonds. The van der Waals surface area contributed by atoms with Crippen molar-refractivity contribution >= 4 is 17.7 Å². The predicted octanol–water partition coefficient (Wildman–Crippen LogP) is 6.76. The maximum absolute atomic E-state index is 15.9. The van der Waals surface area contributed by atoms with Gasteiger partial charge in [-0.05, 0) is 88.7 Å². The van der Waals surface area contributed by atoms with Crippen molar-refractivity contribution in [2.45, 2.75) is 70.4 Å². The lowest BCUT2D eigenvalue weighted by molar-refractivity contribution is -0.0872. The number of rotatable bonds is 1. The van der Waals surface area contributed by atoms with Gasteiger partial charge in [-0.15, -0.1) is 0 Å². The van der Waals surface area contributed by atoms with E-state index in [1.807, 2.05) is 19.1 Å². The Morgan fingerprint density at radius 2 is 1.84 bits per heavy atom. The van der Waals surface area contributed by atoms with E-state index in [4.69, 9.17) is 0 Å². The van der Waals surface area contributed by atoms with Crippen molar-refractivity contribution in [3.63, 3.8) is 0 Å². The number of anilines is 2. The van der Waals surface area contributed by atoms with Crippen LogP contribution in [0.3, 0.4) is 0 Å². The molecule has 226 valence electrons. The molecule has 9 heteroatoms. The third-order valence-corrected chi connectivity index (χ3v) is 9.90. The summed E-state index contributed by atoms with van der Waals surface area (Å²) in [6.07, 6.45) is 7.81. The first-order valence-corrected chi connectivity index (χ1v) is 15.5. The Balaban J connectivity index is 1.37. The first kappa shape index (κ1) is 29.3. The van der Waals surface area contributed by atoms with Gasteiger partial charge in [0.1, 0.15) is 18.0 Å². The van der Waals surface area contributed by atoms with Crippen LogP contribution in [0.25, 0.3) is 6.08 Å². The average Bonchev–Trinajstić information content (AvgIpc) is 3.82. The van der Waals surface area contributed by atoms with Crippen molar-refractivity contribution in [2.24, 2.45) is 11.3 Å². The number of alkyl halides is 2. The highest BCUT2D eigenvalue weighted by atomic mass is 19.3. The standard InChI is InChI=1S/C34H41F2N7/c1-22-24(3)42-16-10-27(11-17-42)34(35,36)28-9-7-8-26(18-28)23(2)41-31-29-19-30(33(20-37)12-13-33)25(4)43(15-6-5-14-38-22)32(29)40-21-39-31/h7-9,18-19,21,23-24,27,38H,1,4-6,10-17H2,2-3H3,(H,39,40,41)/t23-,24?/m1/s1. The number of piperidine rings is 1. The number of hydrogen-bond acceptors (Lipinski definition) is 7. The molecule has 1 aromatic heterocycles. The molecule has 1 saturated carbocycles. The van der Waals surface area contributed by atoms with Crippen LogP contribution in [0.1, 0.15) is 75.1 Å². The molecule has 1 saturated heterocycles. The largest absolute Gasteiger partial charge is 0.388 e. The zero-order chi connectivity index (χ0) is 30.4. The van der Waals surface area contributed by atoms with E-state index in [0.717, 1.165) is 66.1 Å². The van der Waals surface area contributed by atoms with Crippen LogP contribution in [0.4, 0.5) is 20.4 Å². The summed E-state index contributed by atoms with van der Waals surface area (Å²) in [5.74, 6) is -2.28. The molecule has 43 heavy (non-hydrogen) atoms. The number of hydrogen-bond donors (Lipinski definition) is 2. The summed E-state index contributed by atoms with van der Waals surface area (Å²) in [6.45, 7) is 15.5. The van der Waals surface area contributed by atoms with Crippen LogP contribution < -0.4 is 15.5 Å². The number of aromatic nitrogens is 2. The van der Waals surface area contributed by atoms with Crippen LogP contribution in [0, 0.1) is 22.7 Å². The van der Waals surface area contributed by atoms with Crippen LogP contribution in [-0.2, 0) is 5.92 Å². The fraction of sp³-hybridized carbons (Fsp3) is 0.500. The Morgan fingerprint density at radius 3 is 2.56 bits per heavy atom. The second-order valence-corrected chi connectivity index (χ2v) is 12.6. The van der Waals surface area contributed by atoms with Gasteiger partial charge in [-0.2, -0.15) is 5.26 Å². The fourth-order valence-electron chi connectivity index (χ4n) is 6.77. The van der Waals surface area contributed by atoms with E-state index in [2.05, 4.69) is 56.6 Å². The number of nitrogens with zero attached hydrogens (tertiary/aromatic N) is 5. The maximum Gasteiger partial charge on any atom is 0.276 e. The Hall–Kier alpha value is -3.77. The van der Waals surface area contributed by atoms with Crippen LogP contribution in [-0.4, -0.2) is 47.1 Å². The summed E-state index contributed by atoms with van der Waals surface area (Å²) in [5.41, 5.74) is 3.73. The Labute approximate surface area is 253 Å². The van der Waals surface area contributed by atoms with Crippen LogP contribution in [0.2, 0.25) is 0 Å². The smallest absolute Gasteiger partial charge is 0.276 e. The molecule has 0 radical (unpaired) electrons. The number of nitrogens with one attached hydrogen (secondary N) is 2. The minimum absolute atomic E-state index is 0.0567. The molecule has 4 aliphatic heterocycles. The molecule has 0 spiro atoms. The van der Waals surface area contributed by atoms with Crippen molar-refractivity contribution in [3.05, 3.63) is 77.4 Å². The quantitative estimate of drug-likeness (QED) is 0.383. The molecule has 7 nitrogen and oxygen atoms in total. The van der Waals surface area contributed by atoms with E-state index in [1.54, 1.807) is 18.2 Å². The fourth-order valence-corrected chi connectivity index (χ4v) is 6.77. The van der Waals surface area contributed by atoms with Crippen LogP contribution in [0.15, 0.2) is 60.7 Å². The average molecular weight is 586 g/mol. The molecular weight excluding hydrogens is 544 g/mol. The van der Waals surface area contributed by atoms with E-state index in [-0.39, 0.29) is 17.6 Å². The topological polar surface area (TPSA) is 80.1 Å². The summed E-state index contributed by atoms with van der Waals surface area (Å²) >= 11 is 0. The van der Waals surface area contributed by atoms with Gasteiger partial charge in [-0.3, -0.25) is 4.90 Å². The van der Waals surface area contributed by atoms with Crippen molar-refractivity contribution < 1.29 is 8.78 Å². The minimum Gasteiger partial charge on any atom is -0.388 e. The number of benzene rings is 1. The van der Waals surface area contributed by atoms with Crippen molar-refractivity contribution in [3.8, 4) is 6.07 Å². The Kier molecular flexibility index (Phi) is 7.76. The third kappa shape index (κ3) is 5.42. The van der Waals surface area contributed by atoms with Gasteiger partial charge in [0, 0.05) is 48.0 Å². The second-order valence-electron chi connectivity index (χ2n) is 12.6. The Morgan fingerprint density at radius 1 is 1.07 bits per heavy atom. The molecule has 5 heterocycles. The first-order valence-electron chi connectivity index (χ1n) is 15.5. The maximum atomic E-state index is 15.9. The van der Waals surface area contributed by atoms with Gasteiger partial charge in [0.15, 0.2) is 0 Å². The zero-order valence-corrected chi connectivity index (χ0v) is 25.2. The monoisotopic (exact) mass is 585 g/mol. The summed E-state index contributed by atoms with van der Waals surface area (Å²) in [6, 6.07) is 9.10. The molecule has 1 aliphatic carbocycles. The summed E-state index contributed by atoms with van der Waals surface area (Å²) in [5, 5.41) is 17.0. The van der Waals surface area contributed by atoms with Gasteiger partial charge in [-0.1, -0.05) is 31.4 Å². The van der Waals surface area contributed by atoms with Gasteiger partial charge in [0.25, 0.3) is 5.92 Å². The van der Waals surface area contributed by atoms with Crippen molar-refractivity contribution in [1.82, 2.24) is 20.2 Å². The van der Waals surface area contributed by atoms with E-state index in [1.165, 1.54) is 6.33 Å². The molecule has 5 aliphatic rings. The number of halogens is 2. The van der Waals surface area contributed by atoms with Gasteiger partial charge in [0.05, 0.1) is 17.0 Å². The lowest BCUT2D eigenvalue weighted by Crippen LogP contribution is -2.45. The summed E-state index contributed by atoms with van der Waals surface area (Å²) in [4.78, 5) is 13.6. The highest BCUT2D eigenvalue weighted by molar-refractivity contribution is 5.84. The van der Waals surface area contributed by atoms with Crippen molar-refractivity contribution in [1.29, 1.82) is 5.26 Å². The molecule has 1 aromatic carbocycles. The zero-order valence-electron chi connectivity index (χ0n) is 25.2. The molecule has 2 atom stereocenters. The Bertz CT molecular complexity index is 1480. The van der Waals surface area contributed by atoms with Gasteiger partial charge >= 0.3 is 0 Å². The second kappa shape index (κ2) is 11.4. The lowest BCUT2D eigenvalue weighted by atomic mass is 9.85. The lowest BCUT2D eigenvalue weighted by Gasteiger charge is -2.39. The normalized spacial score (nSPS) is 28.4. The SMILES string of the molecule is C=C1NCCCCN2C(=C)C(C3(C#N)CC3)=Cc3c(ncnc32)N[C@H](C)c2cccc(c2)C(F)(F)C2CCN(CC2)C1C. The molecule has 2 aromatic rings. The van der Waals surface area contributed by atoms with Crippen LogP contribution >= 0.6 is 0 Å². The van der Waals surface area contributed by atoms with Gasteiger partial charge in [0.2, 0.25) is 0 Å². The molecule has 8 bridgehead atoms. The highest BCUT2D eigenvalue weighted by Gasteiger charge is 2.50. The third-order valence-electron chi connectivity index (χ3n) is 9.90. The molecule has 7 rings (SSSR count). The summed E-state index contributed by atoms with van der Waals surface area (Å²) < 4.78 is 31.9. The highest BCUT2D eigenvalue weighted by Crippen LogP contribution is 2.56. The number of allylic oxidation sites excluding steroid dienone is 1. The van der Waals surface area contributed by atoms with Crippen LogP contribution in [0.5, 0.6) is 0 Å². The molecule has 2 N–H and O–H groups in total. The van der Waals surface area contributed by atoms with Gasteiger partial charge in [-0.25, -0.2) is 18.7 Å². The van der Waals surface area contributed by atoms with Crippen molar-refractivity contribution in [2.75, 3.05) is 36.4 Å². The van der Waals surface area contributed by atoms with E-state index < -0.39 is 17.3 Å². The minimum atomic E-state index is -2.93. The van der Waals surface area contributed by atoms with E-state index >= 15 is 8.78 Å². The molecular formula is C34H41F2N7. The van der Waals surface area contributed by atoms with Gasteiger partial charge < -0.3 is 15.5 Å². The number of fused-ring (bicyclic) bond motifs is 9. The molecule has 2 fully saturated rings. The number of nitriles is 1. The predicted molar refractivity (Wildman–Crippen MR) is 166 cm³/mol.